The number of rotatable bonds is 4. The Morgan fingerprint density at radius 3 is 2.53 bits per heavy atom. The van der Waals surface area contributed by atoms with E-state index in [0.717, 1.165) is 17.4 Å². The molecule has 0 aliphatic carbocycles. The van der Waals surface area contributed by atoms with Crippen LogP contribution in [0.5, 0.6) is 0 Å². The van der Waals surface area contributed by atoms with Crippen molar-refractivity contribution in [3.05, 3.63) is 47.5 Å². The Morgan fingerprint density at radius 2 is 1.76 bits per heavy atom. The molecule has 2 aromatic rings. The summed E-state index contributed by atoms with van der Waals surface area (Å²) in [5.41, 5.74) is 2.13. The van der Waals surface area contributed by atoms with Gasteiger partial charge in [0.25, 0.3) is 0 Å². The van der Waals surface area contributed by atoms with Crippen molar-refractivity contribution < 1.29 is 0 Å². The van der Waals surface area contributed by atoms with Crippen LogP contribution in [-0.2, 0) is 6.42 Å². The predicted octanol–water partition coefficient (Wildman–Crippen LogP) is 4.44. The van der Waals surface area contributed by atoms with Crippen LogP contribution in [0.3, 0.4) is 0 Å². The molecule has 0 aliphatic heterocycles. The number of fused-ring (bicyclic) bond motifs is 1. The highest BCUT2D eigenvalue weighted by atomic mass is 14.2. The van der Waals surface area contributed by atoms with E-state index in [0.29, 0.717) is 0 Å². The topological polar surface area (TPSA) is 23.8 Å². The minimum atomic E-state index is 0.733. The van der Waals surface area contributed by atoms with E-state index in [1.165, 1.54) is 30.2 Å². The van der Waals surface area contributed by atoms with Crippen molar-refractivity contribution in [2.45, 2.75) is 32.6 Å². The monoisotopic (exact) mass is 223 g/mol. The molecule has 2 rings (SSSR count). The van der Waals surface area contributed by atoms with E-state index >= 15 is 0 Å². The third kappa shape index (κ3) is 2.85. The number of hydrogen-bond acceptors (Lipinski definition) is 1. The Balaban J connectivity index is 2.23. The molecule has 1 nitrogen and oxygen atoms in total. The molecule has 0 heterocycles. The molecular weight excluding hydrogens is 206 g/mol. The van der Waals surface area contributed by atoms with Crippen LogP contribution < -0.4 is 0 Å². The maximum absolute atomic E-state index is 8.84. The molecule has 1 heteroatoms. The van der Waals surface area contributed by atoms with Crippen molar-refractivity contribution in [2.24, 2.45) is 0 Å². The number of hydrogen-bond donors (Lipinski definition) is 0. The molecule has 0 aromatic heterocycles. The largest absolute Gasteiger partial charge is 0.192 e. The van der Waals surface area contributed by atoms with Crippen molar-refractivity contribution in [1.29, 1.82) is 5.26 Å². The third-order valence-corrected chi connectivity index (χ3v) is 3.10. The Morgan fingerprint density at radius 1 is 1.00 bits per heavy atom. The predicted molar refractivity (Wildman–Crippen MR) is 71.9 cm³/mol. The van der Waals surface area contributed by atoms with E-state index < -0.39 is 0 Å². The van der Waals surface area contributed by atoms with Gasteiger partial charge in [0.1, 0.15) is 0 Å². The van der Waals surface area contributed by atoms with Gasteiger partial charge in [-0.1, -0.05) is 44.0 Å². The summed E-state index contributed by atoms with van der Waals surface area (Å²) in [7, 11) is 0. The van der Waals surface area contributed by atoms with Gasteiger partial charge in [0.2, 0.25) is 0 Å². The smallest absolute Gasteiger partial charge is 0.0991 e. The molecule has 0 amide bonds. The SMILES string of the molecule is CCCCCc1ccc2cc(C#N)ccc2c1. The average Bonchev–Trinajstić information content (AvgIpc) is 2.38. The molecule has 17 heavy (non-hydrogen) atoms. The van der Waals surface area contributed by atoms with Crippen LogP contribution >= 0.6 is 0 Å². The van der Waals surface area contributed by atoms with Crippen molar-refractivity contribution in [3.63, 3.8) is 0 Å². The van der Waals surface area contributed by atoms with Gasteiger partial charge in [-0.05, 0) is 41.3 Å². The lowest BCUT2D eigenvalue weighted by molar-refractivity contribution is 0.718. The minimum Gasteiger partial charge on any atom is -0.192 e. The third-order valence-electron chi connectivity index (χ3n) is 3.10. The lowest BCUT2D eigenvalue weighted by Crippen LogP contribution is -1.86. The number of nitriles is 1. The minimum absolute atomic E-state index is 0.733. The molecule has 0 spiro atoms. The highest BCUT2D eigenvalue weighted by Gasteiger charge is 1.98. The molecule has 0 aliphatic rings. The lowest BCUT2D eigenvalue weighted by Gasteiger charge is -2.03. The number of unbranched alkanes of at least 4 members (excludes halogenated alkanes) is 2. The Hall–Kier alpha value is -1.81. The van der Waals surface area contributed by atoms with Gasteiger partial charge in [-0.3, -0.25) is 0 Å². The summed E-state index contributed by atoms with van der Waals surface area (Å²) in [6.45, 7) is 2.23. The standard InChI is InChI=1S/C16H17N/c1-2-3-4-5-13-6-8-16-11-14(12-17)7-9-15(16)10-13/h6-11H,2-5H2,1H3. The fraction of sp³-hybridized carbons (Fsp3) is 0.312. The van der Waals surface area contributed by atoms with E-state index in [-0.39, 0.29) is 0 Å². The number of aryl methyl sites for hydroxylation is 1. The van der Waals surface area contributed by atoms with Crippen LogP contribution in [-0.4, -0.2) is 0 Å². The van der Waals surface area contributed by atoms with Crippen LogP contribution in [0, 0.1) is 11.3 Å². The van der Waals surface area contributed by atoms with Gasteiger partial charge in [0.05, 0.1) is 11.6 Å². The highest BCUT2D eigenvalue weighted by Crippen LogP contribution is 2.19. The van der Waals surface area contributed by atoms with E-state index in [2.05, 4.69) is 31.2 Å². The summed E-state index contributed by atoms with van der Waals surface area (Å²) in [6, 6.07) is 14.6. The molecule has 0 N–H and O–H groups in total. The van der Waals surface area contributed by atoms with Crippen molar-refractivity contribution >= 4 is 10.8 Å². The first-order chi connectivity index (χ1) is 8.33. The molecule has 0 radical (unpaired) electrons. The van der Waals surface area contributed by atoms with E-state index in [1.807, 2.05) is 18.2 Å². The zero-order valence-electron chi connectivity index (χ0n) is 10.2. The number of benzene rings is 2. The van der Waals surface area contributed by atoms with Gasteiger partial charge in [-0.15, -0.1) is 0 Å². The lowest BCUT2D eigenvalue weighted by atomic mass is 10.0. The van der Waals surface area contributed by atoms with Crippen molar-refractivity contribution in [2.75, 3.05) is 0 Å². The van der Waals surface area contributed by atoms with E-state index in [4.69, 9.17) is 5.26 Å². The van der Waals surface area contributed by atoms with Crippen molar-refractivity contribution in [3.8, 4) is 6.07 Å². The van der Waals surface area contributed by atoms with Gasteiger partial charge < -0.3 is 0 Å². The summed E-state index contributed by atoms with van der Waals surface area (Å²) >= 11 is 0. The molecule has 0 unspecified atom stereocenters. The molecule has 0 saturated carbocycles. The summed E-state index contributed by atoms with van der Waals surface area (Å²) < 4.78 is 0. The van der Waals surface area contributed by atoms with Crippen LogP contribution in [0.2, 0.25) is 0 Å². The van der Waals surface area contributed by atoms with E-state index in [9.17, 15) is 0 Å². The fourth-order valence-corrected chi connectivity index (χ4v) is 2.10. The molecule has 0 saturated heterocycles. The van der Waals surface area contributed by atoms with Crippen LogP contribution in [0.4, 0.5) is 0 Å². The van der Waals surface area contributed by atoms with Crippen LogP contribution in [0.1, 0.15) is 37.3 Å². The van der Waals surface area contributed by atoms with Gasteiger partial charge in [-0.25, -0.2) is 0 Å². The van der Waals surface area contributed by atoms with E-state index in [1.54, 1.807) is 0 Å². The summed E-state index contributed by atoms with van der Waals surface area (Å²) in [5.74, 6) is 0. The molecule has 0 atom stereocenters. The Bertz CT molecular complexity index is 549. The average molecular weight is 223 g/mol. The highest BCUT2D eigenvalue weighted by molar-refractivity contribution is 5.84. The zero-order valence-corrected chi connectivity index (χ0v) is 10.2. The molecule has 0 bridgehead atoms. The molecule has 86 valence electrons. The van der Waals surface area contributed by atoms with Crippen LogP contribution in [0.15, 0.2) is 36.4 Å². The Kier molecular flexibility index (Phi) is 3.77. The van der Waals surface area contributed by atoms with Gasteiger partial charge in [0, 0.05) is 0 Å². The maximum atomic E-state index is 8.84. The fourth-order valence-electron chi connectivity index (χ4n) is 2.10. The summed E-state index contributed by atoms with van der Waals surface area (Å²) in [5, 5.41) is 11.2. The normalized spacial score (nSPS) is 10.4. The summed E-state index contributed by atoms with van der Waals surface area (Å²) in [4.78, 5) is 0. The summed E-state index contributed by atoms with van der Waals surface area (Å²) in [6.07, 6.45) is 4.98. The molecule has 0 fully saturated rings. The quantitative estimate of drug-likeness (QED) is 0.703. The molecule has 2 aromatic carbocycles. The Labute approximate surface area is 103 Å². The van der Waals surface area contributed by atoms with Crippen LogP contribution in [0.25, 0.3) is 10.8 Å². The van der Waals surface area contributed by atoms with Crippen molar-refractivity contribution in [1.82, 2.24) is 0 Å². The van der Waals surface area contributed by atoms with Gasteiger partial charge in [-0.2, -0.15) is 5.26 Å². The van der Waals surface area contributed by atoms with Gasteiger partial charge in [0.15, 0.2) is 0 Å². The zero-order chi connectivity index (χ0) is 12.1. The second-order valence-corrected chi connectivity index (χ2v) is 4.47. The number of nitrogens with zero attached hydrogens (tertiary/aromatic N) is 1. The maximum Gasteiger partial charge on any atom is 0.0991 e. The first kappa shape index (κ1) is 11.7. The second-order valence-electron chi connectivity index (χ2n) is 4.47. The van der Waals surface area contributed by atoms with Gasteiger partial charge >= 0.3 is 0 Å². The first-order valence-corrected chi connectivity index (χ1v) is 6.26. The first-order valence-electron chi connectivity index (χ1n) is 6.26. The second kappa shape index (κ2) is 5.50. The molecular formula is C16H17N.